The summed E-state index contributed by atoms with van der Waals surface area (Å²) in [5.74, 6) is -3.48. The largest absolute Gasteiger partial charge is 0.508 e. The zero-order valence-electron chi connectivity index (χ0n) is 18.0. The summed E-state index contributed by atoms with van der Waals surface area (Å²) in [6.45, 7) is 0.903. The molecule has 32 heavy (non-hydrogen) atoms. The van der Waals surface area contributed by atoms with Crippen molar-refractivity contribution in [2.75, 3.05) is 20.8 Å². The Bertz CT molecular complexity index is 827. The number of rotatable bonds is 11. The molecule has 0 saturated carbocycles. The number of nitrogens with one attached hydrogen (secondary N) is 3. The van der Waals surface area contributed by atoms with Crippen LogP contribution in [0.4, 0.5) is 0 Å². The Kier molecular flexibility index (Phi) is 10.6. The van der Waals surface area contributed by atoms with Gasteiger partial charge in [0.25, 0.3) is 0 Å². The molecule has 1 aromatic rings. The van der Waals surface area contributed by atoms with Gasteiger partial charge in [-0.3, -0.25) is 19.2 Å². The standard InChI is InChI=1S/C20H28N4O8/c1-11(23-19(29)14(21)8-12-4-6-13(25)7-5-12)18(28)22-10-16(26)24-15(20(30)32-3)9-17(27)31-2/h4-7,11,14-15,25H,8-10,21H2,1-3H3,(H,22,28)(H,23,29)(H,24,26)/t11-,14-,15-/m0/s1. The summed E-state index contributed by atoms with van der Waals surface area (Å²) in [5, 5.41) is 16.3. The Morgan fingerprint density at radius 2 is 1.62 bits per heavy atom. The van der Waals surface area contributed by atoms with Crippen molar-refractivity contribution in [1.29, 1.82) is 0 Å². The van der Waals surface area contributed by atoms with Gasteiger partial charge in [-0.2, -0.15) is 0 Å². The minimum Gasteiger partial charge on any atom is -0.508 e. The molecule has 0 heterocycles. The molecule has 1 aromatic carbocycles. The lowest BCUT2D eigenvalue weighted by Crippen LogP contribution is -2.53. The number of esters is 2. The minimum atomic E-state index is -1.27. The van der Waals surface area contributed by atoms with Crippen LogP contribution in [0.3, 0.4) is 0 Å². The highest BCUT2D eigenvalue weighted by molar-refractivity contribution is 5.93. The van der Waals surface area contributed by atoms with E-state index in [2.05, 4.69) is 25.4 Å². The number of hydrogen-bond acceptors (Lipinski definition) is 9. The molecule has 6 N–H and O–H groups in total. The lowest BCUT2D eigenvalue weighted by atomic mass is 10.1. The van der Waals surface area contributed by atoms with Crippen LogP contribution >= 0.6 is 0 Å². The molecule has 1 rings (SSSR count). The van der Waals surface area contributed by atoms with E-state index in [-0.39, 0.29) is 12.2 Å². The predicted molar refractivity (Wildman–Crippen MR) is 111 cm³/mol. The number of carbonyl (C=O) groups excluding carboxylic acids is 5. The number of ether oxygens (including phenoxy) is 2. The van der Waals surface area contributed by atoms with Gasteiger partial charge in [-0.05, 0) is 31.0 Å². The highest BCUT2D eigenvalue weighted by Crippen LogP contribution is 2.11. The first kappa shape index (κ1) is 26.4. The molecular weight excluding hydrogens is 424 g/mol. The van der Waals surface area contributed by atoms with Gasteiger partial charge in [-0.25, -0.2) is 4.79 Å². The Morgan fingerprint density at radius 1 is 1.00 bits per heavy atom. The molecule has 3 atom stereocenters. The van der Waals surface area contributed by atoms with E-state index in [0.717, 1.165) is 19.8 Å². The van der Waals surface area contributed by atoms with Crippen molar-refractivity contribution >= 4 is 29.7 Å². The summed E-state index contributed by atoms with van der Waals surface area (Å²) in [7, 11) is 2.22. The minimum absolute atomic E-state index is 0.0873. The van der Waals surface area contributed by atoms with Crippen molar-refractivity contribution in [3.63, 3.8) is 0 Å². The van der Waals surface area contributed by atoms with Crippen LogP contribution in [0.1, 0.15) is 18.9 Å². The Morgan fingerprint density at radius 3 is 2.19 bits per heavy atom. The fraction of sp³-hybridized carbons (Fsp3) is 0.450. The molecule has 0 unspecified atom stereocenters. The van der Waals surface area contributed by atoms with Gasteiger partial charge in [0.15, 0.2) is 0 Å². The maximum Gasteiger partial charge on any atom is 0.328 e. The zero-order chi connectivity index (χ0) is 24.3. The number of carbonyl (C=O) groups is 5. The average molecular weight is 452 g/mol. The normalized spacial score (nSPS) is 13.1. The number of amides is 3. The zero-order valence-corrected chi connectivity index (χ0v) is 18.0. The van der Waals surface area contributed by atoms with E-state index in [1.54, 1.807) is 12.1 Å². The summed E-state index contributed by atoms with van der Waals surface area (Å²) in [6.07, 6.45) is -0.244. The molecule has 12 nitrogen and oxygen atoms in total. The summed E-state index contributed by atoms with van der Waals surface area (Å²) >= 11 is 0. The number of aromatic hydroxyl groups is 1. The first-order chi connectivity index (χ1) is 15.1. The number of phenols is 1. The van der Waals surface area contributed by atoms with Gasteiger partial charge in [0.1, 0.15) is 17.8 Å². The van der Waals surface area contributed by atoms with E-state index in [9.17, 15) is 29.1 Å². The Labute approximate surface area is 184 Å². The van der Waals surface area contributed by atoms with Gasteiger partial charge in [0.05, 0.1) is 33.2 Å². The van der Waals surface area contributed by atoms with Crippen molar-refractivity contribution < 1.29 is 38.6 Å². The second-order valence-corrected chi connectivity index (χ2v) is 6.85. The Balaban J connectivity index is 2.50. The molecule has 0 bridgehead atoms. The maximum atomic E-state index is 12.2. The molecule has 0 radical (unpaired) electrons. The van der Waals surface area contributed by atoms with Crippen LogP contribution in [-0.4, -0.2) is 73.7 Å². The molecule has 12 heteroatoms. The van der Waals surface area contributed by atoms with Gasteiger partial charge in [0, 0.05) is 0 Å². The van der Waals surface area contributed by atoms with Crippen LogP contribution in [0.2, 0.25) is 0 Å². The SMILES string of the molecule is COC(=O)C[C@H](NC(=O)CNC(=O)[C@H](C)NC(=O)[C@@H](N)Cc1ccc(O)cc1)C(=O)OC. The van der Waals surface area contributed by atoms with Crippen molar-refractivity contribution in [3.05, 3.63) is 29.8 Å². The second-order valence-electron chi connectivity index (χ2n) is 6.85. The monoisotopic (exact) mass is 452 g/mol. The first-order valence-electron chi connectivity index (χ1n) is 9.63. The molecule has 0 aliphatic rings. The highest BCUT2D eigenvalue weighted by atomic mass is 16.5. The molecule has 0 fully saturated rings. The van der Waals surface area contributed by atoms with Crippen molar-refractivity contribution in [2.45, 2.75) is 37.9 Å². The average Bonchev–Trinajstić information content (AvgIpc) is 2.77. The molecule has 176 valence electrons. The number of nitrogens with two attached hydrogens (primary N) is 1. The van der Waals surface area contributed by atoms with Crippen molar-refractivity contribution in [3.8, 4) is 5.75 Å². The van der Waals surface area contributed by atoms with Gasteiger partial charge < -0.3 is 36.3 Å². The number of phenolic OH excluding ortho intramolecular Hbond substituents is 1. The van der Waals surface area contributed by atoms with Crippen molar-refractivity contribution in [2.24, 2.45) is 5.73 Å². The van der Waals surface area contributed by atoms with Crippen LogP contribution in [0.5, 0.6) is 5.75 Å². The van der Waals surface area contributed by atoms with Gasteiger partial charge >= 0.3 is 11.9 Å². The van der Waals surface area contributed by atoms with E-state index < -0.39 is 60.8 Å². The number of hydrogen-bond donors (Lipinski definition) is 5. The van der Waals surface area contributed by atoms with E-state index in [0.29, 0.717) is 0 Å². The molecule has 3 amide bonds. The lowest BCUT2D eigenvalue weighted by molar-refractivity contribution is -0.150. The van der Waals surface area contributed by atoms with Crippen LogP contribution in [-0.2, 0) is 39.9 Å². The van der Waals surface area contributed by atoms with Crippen LogP contribution in [0.25, 0.3) is 0 Å². The summed E-state index contributed by atoms with van der Waals surface area (Å²) < 4.78 is 8.97. The van der Waals surface area contributed by atoms with Gasteiger partial charge in [-0.15, -0.1) is 0 Å². The van der Waals surface area contributed by atoms with Gasteiger partial charge in [-0.1, -0.05) is 12.1 Å². The van der Waals surface area contributed by atoms with Crippen LogP contribution in [0.15, 0.2) is 24.3 Å². The highest BCUT2D eigenvalue weighted by Gasteiger charge is 2.26. The smallest absolute Gasteiger partial charge is 0.328 e. The van der Waals surface area contributed by atoms with Crippen LogP contribution < -0.4 is 21.7 Å². The third-order valence-electron chi connectivity index (χ3n) is 4.32. The van der Waals surface area contributed by atoms with Crippen LogP contribution in [0, 0.1) is 0 Å². The molecule has 0 aliphatic heterocycles. The molecule has 0 saturated heterocycles. The summed E-state index contributed by atoms with van der Waals surface area (Å²) in [6, 6.07) is 2.99. The third kappa shape index (κ3) is 9.00. The predicted octanol–water partition coefficient (Wildman–Crippen LogP) is -1.90. The van der Waals surface area contributed by atoms with E-state index in [1.165, 1.54) is 19.1 Å². The molecule has 0 aliphatic carbocycles. The number of benzene rings is 1. The second kappa shape index (κ2) is 12.9. The first-order valence-corrected chi connectivity index (χ1v) is 9.63. The van der Waals surface area contributed by atoms with E-state index in [1.807, 2.05) is 0 Å². The Hall–Kier alpha value is -3.67. The van der Waals surface area contributed by atoms with E-state index >= 15 is 0 Å². The van der Waals surface area contributed by atoms with E-state index in [4.69, 9.17) is 5.73 Å². The summed E-state index contributed by atoms with van der Waals surface area (Å²) in [5.41, 5.74) is 6.58. The topological polar surface area (TPSA) is 186 Å². The molecular formula is C20H28N4O8. The maximum absolute atomic E-state index is 12.2. The third-order valence-corrected chi connectivity index (χ3v) is 4.32. The molecule has 0 spiro atoms. The van der Waals surface area contributed by atoms with Gasteiger partial charge in [0.2, 0.25) is 17.7 Å². The lowest BCUT2D eigenvalue weighted by Gasteiger charge is -2.18. The molecule has 0 aromatic heterocycles. The fourth-order valence-electron chi connectivity index (χ4n) is 2.52. The fourth-order valence-corrected chi connectivity index (χ4v) is 2.52. The quantitative estimate of drug-likeness (QED) is 0.239. The summed E-state index contributed by atoms with van der Waals surface area (Å²) in [4.78, 5) is 59.4. The number of methoxy groups -OCH3 is 2. The van der Waals surface area contributed by atoms with Crippen molar-refractivity contribution in [1.82, 2.24) is 16.0 Å².